The minimum Gasteiger partial charge on any atom is -0.481 e. The number of carboxylic acids is 1. The number of aliphatic carboxylic acids is 1. The molecular formula is C12H20N2O3. The number of nitrogens with zero attached hydrogens (tertiary/aromatic N) is 1. The molecule has 2 fully saturated rings. The molecule has 0 aromatic carbocycles. The van der Waals surface area contributed by atoms with Crippen LogP contribution in [0.25, 0.3) is 0 Å². The van der Waals surface area contributed by atoms with E-state index in [4.69, 9.17) is 5.11 Å². The van der Waals surface area contributed by atoms with Crippen LogP contribution in [0, 0.1) is 5.92 Å². The average molecular weight is 240 g/mol. The van der Waals surface area contributed by atoms with E-state index in [1.807, 2.05) is 13.8 Å². The van der Waals surface area contributed by atoms with Gasteiger partial charge < -0.3 is 15.3 Å². The molecule has 0 aromatic heterocycles. The topological polar surface area (TPSA) is 69.6 Å². The van der Waals surface area contributed by atoms with E-state index in [2.05, 4.69) is 5.32 Å². The van der Waals surface area contributed by atoms with Crippen molar-refractivity contribution < 1.29 is 14.7 Å². The fourth-order valence-corrected chi connectivity index (χ4v) is 2.95. The lowest BCUT2D eigenvalue weighted by atomic mass is 9.97. The Morgan fingerprint density at radius 3 is 2.65 bits per heavy atom. The largest absolute Gasteiger partial charge is 0.481 e. The third-order valence-electron chi connectivity index (χ3n) is 4.17. The number of rotatable bonds is 2. The first-order chi connectivity index (χ1) is 7.96. The Kier molecular flexibility index (Phi) is 3.12. The normalized spacial score (nSPS) is 37.4. The van der Waals surface area contributed by atoms with Gasteiger partial charge in [-0.1, -0.05) is 0 Å². The minimum absolute atomic E-state index is 0.0613. The van der Waals surface area contributed by atoms with E-state index in [-0.39, 0.29) is 11.9 Å². The van der Waals surface area contributed by atoms with E-state index in [1.165, 1.54) is 0 Å². The van der Waals surface area contributed by atoms with Crippen LogP contribution < -0.4 is 5.32 Å². The highest BCUT2D eigenvalue weighted by Crippen LogP contribution is 2.29. The van der Waals surface area contributed by atoms with Crippen LogP contribution in [0.3, 0.4) is 0 Å². The maximum atomic E-state index is 12.4. The van der Waals surface area contributed by atoms with Crippen molar-refractivity contribution in [2.24, 2.45) is 5.92 Å². The summed E-state index contributed by atoms with van der Waals surface area (Å²) in [6.45, 7) is 5.19. The van der Waals surface area contributed by atoms with E-state index >= 15 is 0 Å². The van der Waals surface area contributed by atoms with E-state index in [0.29, 0.717) is 13.0 Å². The Morgan fingerprint density at radius 2 is 2.18 bits per heavy atom. The van der Waals surface area contributed by atoms with Gasteiger partial charge in [-0.25, -0.2) is 0 Å². The summed E-state index contributed by atoms with van der Waals surface area (Å²) in [5.41, 5.74) is -0.484. The maximum Gasteiger partial charge on any atom is 0.308 e. The number of carbonyl (C=O) groups is 2. The molecule has 2 rings (SSSR count). The van der Waals surface area contributed by atoms with Crippen molar-refractivity contribution in [3.05, 3.63) is 0 Å². The van der Waals surface area contributed by atoms with Crippen LogP contribution in [0.4, 0.5) is 0 Å². The van der Waals surface area contributed by atoms with Crippen molar-refractivity contribution in [1.29, 1.82) is 0 Å². The monoisotopic (exact) mass is 240 g/mol. The van der Waals surface area contributed by atoms with Gasteiger partial charge in [0.2, 0.25) is 5.91 Å². The zero-order chi connectivity index (χ0) is 12.6. The van der Waals surface area contributed by atoms with Gasteiger partial charge >= 0.3 is 5.97 Å². The summed E-state index contributed by atoms with van der Waals surface area (Å²) in [7, 11) is 0. The molecule has 0 radical (unpaired) electrons. The number of nitrogens with one attached hydrogen (secondary N) is 1. The Balaban J connectivity index is 2.09. The fraction of sp³-hybridized carbons (Fsp3) is 0.833. The van der Waals surface area contributed by atoms with Gasteiger partial charge in [0.1, 0.15) is 0 Å². The predicted molar refractivity (Wildman–Crippen MR) is 62.6 cm³/mol. The highest BCUT2D eigenvalue weighted by atomic mass is 16.4. The van der Waals surface area contributed by atoms with E-state index in [0.717, 1.165) is 19.4 Å². The summed E-state index contributed by atoms with van der Waals surface area (Å²) < 4.78 is 0. The maximum absolute atomic E-state index is 12.4. The predicted octanol–water partition coefficient (Wildman–Crippen LogP) is 0.450. The summed E-state index contributed by atoms with van der Waals surface area (Å²) in [6, 6.07) is -0.195. The molecule has 5 heteroatoms. The third kappa shape index (κ3) is 2.04. The van der Waals surface area contributed by atoms with Crippen molar-refractivity contribution in [2.75, 3.05) is 13.1 Å². The van der Waals surface area contributed by atoms with Gasteiger partial charge in [0.05, 0.1) is 11.5 Å². The molecule has 0 spiro atoms. The zero-order valence-corrected chi connectivity index (χ0v) is 10.4. The van der Waals surface area contributed by atoms with Gasteiger partial charge in [0, 0.05) is 12.6 Å². The second kappa shape index (κ2) is 4.29. The van der Waals surface area contributed by atoms with E-state index < -0.39 is 17.4 Å². The molecule has 96 valence electrons. The number of likely N-dealkylation sites (tertiary alicyclic amines) is 1. The first-order valence-electron chi connectivity index (χ1n) is 6.24. The molecule has 2 aliphatic rings. The highest BCUT2D eigenvalue weighted by molar-refractivity contribution is 5.87. The Hall–Kier alpha value is -1.10. The van der Waals surface area contributed by atoms with Gasteiger partial charge in [-0.15, -0.1) is 0 Å². The molecule has 2 N–H and O–H groups in total. The van der Waals surface area contributed by atoms with Crippen molar-refractivity contribution in [3.63, 3.8) is 0 Å². The van der Waals surface area contributed by atoms with Gasteiger partial charge in [-0.3, -0.25) is 9.59 Å². The van der Waals surface area contributed by atoms with Crippen molar-refractivity contribution in [1.82, 2.24) is 10.2 Å². The average Bonchev–Trinajstić information content (AvgIpc) is 2.85. The van der Waals surface area contributed by atoms with Crippen LogP contribution in [0.5, 0.6) is 0 Å². The van der Waals surface area contributed by atoms with E-state index in [1.54, 1.807) is 4.90 Å². The lowest BCUT2D eigenvalue weighted by Crippen LogP contribution is -2.54. The highest BCUT2D eigenvalue weighted by Gasteiger charge is 2.45. The molecule has 2 heterocycles. The molecule has 3 atom stereocenters. The molecular weight excluding hydrogens is 220 g/mol. The van der Waals surface area contributed by atoms with Crippen molar-refractivity contribution in [2.45, 2.75) is 44.7 Å². The number of carboxylic acid groups (broad SMARTS) is 1. The molecule has 0 saturated carbocycles. The van der Waals surface area contributed by atoms with Crippen LogP contribution >= 0.6 is 0 Å². The van der Waals surface area contributed by atoms with Crippen LogP contribution in [0.15, 0.2) is 0 Å². The van der Waals surface area contributed by atoms with Gasteiger partial charge in [0.15, 0.2) is 0 Å². The summed E-state index contributed by atoms with van der Waals surface area (Å²) in [4.78, 5) is 25.2. The quantitative estimate of drug-likeness (QED) is 0.735. The molecule has 3 unspecified atom stereocenters. The summed E-state index contributed by atoms with van der Waals surface area (Å²) >= 11 is 0. The Morgan fingerprint density at radius 1 is 1.47 bits per heavy atom. The van der Waals surface area contributed by atoms with Crippen LogP contribution in [0.2, 0.25) is 0 Å². The van der Waals surface area contributed by atoms with Crippen molar-refractivity contribution in [3.8, 4) is 0 Å². The zero-order valence-electron chi connectivity index (χ0n) is 10.4. The van der Waals surface area contributed by atoms with E-state index in [9.17, 15) is 9.59 Å². The first-order valence-corrected chi connectivity index (χ1v) is 6.24. The minimum atomic E-state index is -0.794. The number of carbonyl (C=O) groups excluding carboxylic acids is 1. The second-order valence-corrected chi connectivity index (χ2v) is 5.33. The molecule has 1 amide bonds. The summed E-state index contributed by atoms with van der Waals surface area (Å²) in [6.07, 6.45) is 2.41. The molecule has 2 saturated heterocycles. The van der Waals surface area contributed by atoms with Gasteiger partial charge in [-0.2, -0.15) is 0 Å². The smallest absolute Gasteiger partial charge is 0.308 e. The van der Waals surface area contributed by atoms with Crippen LogP contribution in [-0.2, 0) is 9.59 Å². The van der Waals surface area contributed by atoms with Crippen LogP contribution in [0.1, 0.15) is 33.1 Å². The standard InChI is InChI=1S/C12H20N2O3/c1-8-9(10(15)16)4-7-14(8)11(17)12(2)5-3-6-13-12/h8-9,13H,3-7H2,1-2H3,(H,15,16). The SMILES string of the molecule is CC1C(C(=O)O)CCN1C(=O)C1(C)CCCN1. The second-order valence-electron chi connectivity index (χ2n) is 5.33. The Labute approximate surface area is 101 Å². The Bertz CT molecular complexity index is 337. The summed E-state index contributed by atoms with van der Waals surface area (Å²) in [5.74, 6) is -1.15. The molecule has 0 aromatic rings. The molecule has 5 nitrogen and oxygen atoms in total. The van der Waals surface area contributed by atoms with Crippen LogP contribution in [-0.4, -0.2) is 46.6 Å². The fourth-order valence-electron chi connectivity index (χ4n) is 2.95. The number of amides is 1. The van der Waals surface area contributed by atoms with Gasteiger partial charge in [0.25, 0.3) is 0 Å². The van der Waals surface area contributed by atoms with Crippen molar-refractivity contribution >= 4 is 11.9 Å². The number of hydrogen-bond acceptors (Lipinski definition) is 3. The molecule has 2 aliphatic heterocycles. The lowest BCUT2D eigenvalue weighted by molar-refractivity contribution is -0.144. The lowest BCUT2D eigenvalue weighted by Gasteiger charge is -2.32. The number of hydrogen-bond donors (Lipinski definition) is 2. The van der Waals surface area contributed by atoms with Gasteiger partial charge in [-0.05, 0) is 39.7 Å². The summed E-state index contributed by atoms with van der Waals surface area (Å²) in [5, 5.41) is 12.3. The first kappa shape index (κ1) is 12.4. The molecule has 17 heavy (non-hydrogen) atoms. The molecule has 0 aliphatic carbocycles. The third-order valence-corrected chi connectivity index (χ3v) is 4.17. The molecule has 0 bridgehead atoms.